The standard InChI is InChI=1S/C12H17FO2/c1-9-6-10(8-11(13)7-9)12(2,14)4-5-15-3/h6-8,14H,4-5H2,1-3H3. The Labute approximate surface area is 89.7 Å². The number of halogens is 1. The third-order valence-electron chi connectivity index (χ3n) is 2.46. The van der Waals surface area contributed by atoms with E-state index in [0.29, 0.717) is 18.6 Å². The molecule has 0 bridgehead atoms. The summed E-state index contributed by atoms with van der Waals surface area (Å²) in [5, 5.41) is 10.1. The number of methoxy groups -OCH3 is 1. The fourth-order valence-electron chi connectivity index (χ4n) is 1.49. The molecular formula is C12H17FO2. The summed E-state index contributed by atoms with van der Waals surface area (Å²) in [6.07, 6.45) is 0.451. The van der Waals surface area contributed by atoms with Gasteiger partial charge in [0.05, 0.1) is 5.60 Å². The topological polar surface area (TPSA) is 29.5 Å². The molecule has 1 aromatic rings. The maximum Gasteiger partial charge on any atom is 0.123 e. The molecule has 0 heterocycles. The van der Waals surface area contributed by atoms with Crippen LogP contribution in [0, 0.1) is 12.7 Å². The monoisotopic (exact) mass is 212 g/mol. The average molecular weight is 212 g/mol. The zero-order valence-electron chi connectivity index (χ0n) is 9.38. The van der Waals surface area contributed by atoms with Crippen molar-refractivity contribution in [1.82, 2.24) is 0 Å². The summed E-state index contributed by atoms with van der Waals surface area (Å²) in [5.41, 5.74) is 0.364. The number of benzene rings is 1. The van der Waals surface area contributed by atoms with E-state index in [1.807, 2.05) is 0 Å². The van der Waals surface area contributed by atoms with Crippen molar-refractivity contribution in [3.63, 3.8) is 0 Å². The van der Waals surface area contributed by atoms with E-state index in [1.54, 1.807) is 27.0 Å². The van der Waals surface area contributed by atoms with Crippen LogP contribution in [0.25, 0.3) is 0 Å². The molecule has 0 amide bonds. The summed E-state index contributed by atoms with van der Waals surface area (Å²) < 4.78 is 18.0. The molecule has 0 aliphatic carbocycles. The van der Waals surface area contributed by atoms with Crippen molar-refractivity contribution in [2.24, 2.45) is 0 Å². The summed E-state index contributed by atoms with van der Waals surface area (Å²) in [6, 6.07) is 4.59. The number of hydrogen-bond donors (Lipinski definition) is 1. The highest BCUT2D eigenvalue weighted by molar-refractivity contribution is 5.27. The molecule has 0 radical (unpaired) electrons. The zero-order valence-corrected chi connectivity index (χ0v) is 9.38. The molecule has 15 heavy (non-hydrogen) atoms. The minimum Gasteiger partial charge on any atom is -0.385 e. The van der Waals surface area contributed by atoms with Crippen molar-refractivity contribution in [2.75, 3.05) is 13.7 Å². The normalized spacial score (nSPS) is 15.0. The number of hydrogen-bond acceptors (Lipinski definition) is 2. The molecule has 1 rings (SSSR count). The van der Waals surface area contributed by atoms with E-state index in [4.69, 9.17) is 4.74 Å². The first kappa shape index (κ1) is 12.1. The molecular weight excluding hydrogens is 195 g/mol. The van der Waals surface area contributed by atoms with E-state index in [9.17, 15) is 9.50 Å². The lowest BCUT2D eigenvalue weighted by molar-refractivity contribution is 0.0207. The van der Waals surface area contributed by atoms with Crippen molar-refractivity contribution in [3.05, 3.63) is 35.1 Å². The van der Waals surface area contributed by atoms with Crippen LogP contribution in [0.4, 0.5) is 4.39 Å². The minimum atomic E-state index is -1.04. The van der Waals surface area contributed by atoms with E-state index < -0.39 is 5.60 Å². The molecule has 2 nitrogen and oxygen atoms in total. The molecule has 1 N–H and O–H groups in total. The van der Waals surface area contributed by atoms with Gasteiger partial charge in [-0.05, 0) is 37.1 Å². The Hall–Kier alpha value is -0.930. The Morgan fingerprint density at radius 2 is 2.07 bits per heavy atom. The Bertz CT molecular complexity index is 314. The van der Waals surface area contributed by atoms with Crippen molar-refractivity contribution in [3.8, 4) is 0 Å². The van der Waals surface area contributed by atoms with Crippen molar-refractivity contribution >= 4 is 0 Å². The van der Waals surface area contributed by atoms with Crippen molar-refractivity contribution < 1.29 is 14.2 Å². The number of ether oxygens (including phenoxy) is 1. The van der Waals surface area contributed by atoms with E-state index in [2.05, 4.69) is 0 Å². The van der Waals surface area contributed by atoms with Crippen LogP contribution in [0.2, 0.25) is 0 Å². The fourth-order valence-corrected chi connectivity index (χ4v) is 1.49. The van der Waals surface area contributed by atoms with Gasteiger partial charge in [-0.1, -0.05) is 6.07 Å². The van der Waals surface area contributed by atoms with Gasteiger partial charge in [-0.15, -0.1) is 0 Å². The van der Waals surface area contributed by atoms with Crippen LogP contribution < -0.4 is 0 Å². The van der Waals surface area contributed by atoms with Crippen LogP contribution in [-0.4, -0.2) is 18.8 Å². The van der Waals surface area contributed by atoms with Crippen molar-refractivity contribution in [1.29, 1.82) is 0 Å². The van der Waals surface area contributed by atoms with Gasteiger partial charge in [0.1, 0.15) is 5.82 Å². The number of aliphatic hydroxyl groups is 1. The van der Waals surface area contributed by atoms with Gasteiger partial charge in [-0.3, -0.25) is 0 Å². The lowest BCUT2D eigenvalue weighted by Crippen LogP contribution is -2.23. The van der Waals surface area contributed by atoms with Gasteiger partial charge < -0.3 is 9.84 Å². The van der Waals surface area contributed by atoms with Crippen LogP contribution in [0.3, 0.4) is 0 Å². The molecule has 1 atom stereocenters. The van der Waals surface area contributed by atoms with Crippen LogP contribution in [0.5, 0.6) is 0 Å². The van der Waals surface area contributed by atoms with E-state index in [0.717, 1.165) is 5.56 Å². The average Bonchev–Trinajstić information content (AvgIpc) is 2.13. The third kappa shape index (κ3) is 3.29. The van der Waals surface area contributed by atoms with E-state index >= 15 is 0 Å². The lowest BCUT2D eigenvalue weighted by atomic mass is 9.92. The molecule has 0 aliphatic rings. The maximum absolute atomic E-state index is 13.1. The quantitative estimate of drug-likeness (QED) is 0.830. The molecule has 3 heteroatoms. The number of rotatable bonds is 4. The zero-order chi connectivity index (χ0) is 11.5. The van der Waals surface area contributed by atoms with Gasteiger partial charge in [-0.25, -0.2) is 4.39 Å². The van der Waals surface area contributed by atoms with Gasteiger partial charge in [0, 0.05) is 20.1 Å². The Morgan fingerprint density at radius 1 is 1.40 bits per heavy atom. The minimum absolute atomic E-state index is 0.317. The predicted octanol–water partition coefficient (Wildman–Crippen LogP) is 2.38. The van der Waals surface area contributed by atoms with E-state index in [1.165, 1.54) is 12.1 Å². The molecule has 0 aliphatic heterocycles. The molecule has 1 unspecified atom stereocenters. The van der Waals surface area contributed by atoms with Crippen LogP contribution >= 0.6 is 0 Å². The van der Waals surface area contributed by atoms with Gasteiger partial charge in [0.2, 0.25) is 0 Å². The first-order chi connectivity index (χ1) is 6.95. The molecule has 0 fully saturated rings. The molecule has 0 saturated carbocycles. The molecule has 84 valence electrons. The maximum atomic E-state index is 13.1. The lowest BCUT2D eigenvalue weighted by Gasteiger charge is -2.24. The second-order valence-corrected chi connectivity index (χ2v) is 4.03. The predicted molar refractivity (Wildman–Crippen MR) is 57.2 cm³/mol. The van der Waals surface area contributed by atoms with Gasteiger partial charge in [-0.2, -0.15) is 0 Å². The Balaban J connectivity index is 2.93. The summed E-state index contributed by atoms with van der Waals surface area (Å²) in [6.45, 7) is 3.92. The molecule has 0 spiro atoms. The highest BCUT2D eigenvalue weighted by atomic mass is 19.1. The number of aryl methyl sites for hydroxylation is 1. The summed E-state index contributed by atoms with van der Waals surface area (Å²) >= 11 is 0. The molecule has 1 aromatic carbocycles. The highest BCUT2D eigenvalue weighted by Crippen LogP contribution is 2.25. The highest BCUT2D eigenvalue weighted by Gasteiger charge is 2.23. The third-order valence-corrected chi connectivity index (χ3v) is 2.46. The summed E-state index contributed by atoms with van der Waals surface area (Å²) in [7, 11) is 1.58. The van der Waals surface area contributed by atoms with Crippen LogP contribution in [-0.2, 0) is 10.3 Å². The SMILES string of the molecule is COCCC(C)(O)c1cc(C)cc(F)c1. The first-order valence-electron chi connectivity index (χ1n) is 4.95. The second kappa shape index (κ2) is 4.73. The summed E-state index contributed by atoms with van der Waals surface area (Å²) in [5.74, 6) is -0.317. The van der Waals surface area contributed by atoms with E-state index in [-0.39, 0.29) is 5.82 Å². The van der Waals surface area contributed by atoms with Gasteiger partial charge in [0.25, 0.3) is 0 Å². The van der Waals surface area contributed by atoms with Crippen LogP contribution in [0.1, 0.15) is 24.5 Å². The molecule has 0 saturated heterocycles. The van der Waals surface area contributed by atoms with Crippen LogP contribution in [0.15, 0.2) is 18.2 Å². The largest absolute Gasteiger partial charge is 0.385 e. The Morgan fingerprint density at radius 3 is 2.60 bits per heavy atom. The smallest absolute Gasteiger partial charge is 0.123 e. The second-order valence-electron chi connectivity index (χ2n) is 4.03. The van der Waals surface area contributed by atoms with Crippen molar-refractivity contribution in [2.45, 2.75) is 25.9 Å². The first-order valence-corrected chi connectivity index (χ1v) is 4.95. The van der Waals surface area contributed by atoms with Gasteiger partial charge >= 0.3 is 0 Å². The Kier molecular flexibility index (Phi) is 3.83. The summed E-state index contributed by atoms with van der Waals surface area (Å²) in [4.78, 5) is 0. The molecule has 0 aromatic heterocycles. The fraction of sp³-hybridized carbons (Fsp3) is 0.500. The van der Waals surface area contributed by atoms with Gasteiger partial charge in [0.15, 0.2) is 0 Å².